The van der Waals surface area contributed by atoms with Crippen molar-refractivity contribution >= 4 is 0 Å². The zero-order chi connectivity index (χ0) is 13.4. The van der Waals surface area contributed by atoms with E-state index in [2.05, 4.69) is 36.2 Å². The first kappa shape index (κ1) is 15.2. The molecule has 0 heterocycles. The molecular formula is C15H26N2O. The van der Waals surface area contributed by atoms with Crippen LogP contribution >= 0.6 is 0 Å². The van der Waals surface area contributed by atoms with Gasteiger partial charge in [0.05, 0.1) is 6.10 Å². The molecule has 1 unspecified atom stereocenters. The summed E-state index contributed by atoms with van der Waals surface area (Å²) in [5.74, 6) is 0.624. The third kappa shape index (κ3) is 6.74. The Morgan fingerprint density at radius 2 is 1.83 bits per heavy atom. The molecule has 1 aromatic rings. The first-order chi connectivity index (χ1) is 8.58. The summed E-state index contributed by atoms with van der Waals surface area (Å²) in [5, 5.41) is 13.2. The molecule has 0 fully saturated rings. The number of hydrogen-bond donors (Lipinski definition) is 2. The molecule has 0 spiro atoms. The second-order valence-corrected chi connectivity index (χ2v) is 5.39. The van der Waals surface area contributed by atoms with E-state index in [1.807, 2.05) is 25.2 Å². The van der Waals surface area contributed by atoms with E-state index < -0.39 is 0 Å². The fourth-order valence-electron chi connectivity index (χ4n) is 1.92. The Bertz CT molecular complexity index is 314. The molecule has 0 aliphatic carbocycles. The summed E-state index contributed by atoms with van der Waals surface area (Å²) in [6, 6.07) is 10.3. The second kappa shape index (κ2) is 8.25. The van der Waals surface area contributed by atoms with Gasteiger partial charge in [0.15, 0.2) is 0 Å². The third-order valence-corrected chi connectivity index (χ3v) is 2.75. The van der Waals surface area contributed by atoms with Gasteiger partial charge in [-0.3, -0.25) is 4.90 Å². The van der Waals surface area contributed by atoms with Crippen LogP contribution in [0.15, 0.2) is 30.3 Å². The number of nitrogens with zero attached hydrogens (tertiary/aromatic N) is 1. The van der Waals surface area contributed by atoms with Gasteiger partial charge in [0.1, 0.15) is 0 Å². The lowest BCUT2D eigenvalue weighted by Gasteiger charge is -2.21. The quantitative estimate of drug-likeness (QED) is 0.737. The van der Waals surface area contributed by atoms with Crippen molar-refractivity contribution in [2.75, 3.05) is 26.7 Å². The van der Waals surface area contributed by atoms with Crippen LogP contribution in [-0.4, -0.2) is 42.8 Å². The Kier molecular flexibility index (Phi) is 6.94. The number of nitrogens with one attached hydrogen (secondary N) is 1. The number of likely N-dealkylation sites (N-methyl/N-ethyl adjacent to an activating group) is 1. The molecule has 0 radical (unpaired) electrons. The molecule has 3 nitrogen and oxygen atoms in total. The maximum Gasteiger partial charge on any atom is 0.0791 e. The normalized spacial score (nSPS) is 13.2. The number of aliphatic hydroxyl groups is 1. The third-order valence-electron chi connectivity index (χ3n) is 2.75. The maximum absolute atomic E-state index is 9.91. The van der Waals surface area contributed by atoms with E-state index in [1.165, 1.54) is 5.56 Å². The van der Waals surface area contributed by atoms with Crippen LogP contribution in [0.4, 0.5) is 0 Å². The Labute approximate surface area is 111 Å². The molecule has 102 valence electrons. The predicted octanol–water partition coefficient (Wildman–Crippen LogP) is 1.72. The first-order valence-corrected chi connectivity index (χ1v) is 6.69. The van der Waals surface area contributed by atoms with Gasteiger partial charge in [-0.2, -0.15) is 0 Å². The minimum absolute atomic E-state index is 0.308. The number of aliphatic hydroxyl groups excluding tert-OH is 1. The molecule has 0 aliphatic heterocycles. The van der Waals surface area contributed by atoms with Gasteiger partial charge in [0.25, 0.3) is 0 Å². The smallest absolute Gasteiger partial charge is 0.0791 e. The van der Waals surface area contributed by atoms with Crippen LogP contribution < -0.4 is 5.32 Å². The topological polar surface area (TPSA) is 35.5 Å². The molecule has 1 aromatic carbocycles. The van der Waals surface area contributed by atoms with Crippen LogP contribution in [0.3, 0.4) is 0 Å². The van der Waals surface area contributed by atoms with Crippen LogP contribution in [0.2, 0.25) is 0 Å². The number of benzene rings is 1. The van der Waals surface area contributed by atoms with Gasteiger partial charge in [-0.05, 0) is 25.1 Å². The van der Waals surface area contributed by atoms with Gasteiger partial charge in [-0.1, -0.05) is 44.2 Å². The average Bonchev–Trinajstić information content (AvgIpc) is 2.29. The van der Waals surface area contributed by atoms with Crippen molar-refractivity contribution < 1.29 is 5.11 Å². The average molecular weight is 250 g/mol. The van der Waals surface area contributed by atoms with Crippen molar-refractivity contribution in [2.45, 2.75) is 26.5 Å². The standard InChI is InChI=1S/C15H26N2O/c1-13(2)9-16-10-15(18)12-17(3)11-14-7-5-4-6-8-14/h4-8,13,15-16,18H,9-12H2,1-3H3. The summed E-state index contributed by atoms with van der Waals surface area (Å²) < 4.78 is 0. The fraction of sp³-hybridized carbons (Fsp3) is 0.600. The SMILES string of the molecule is CC(C)CNCC(O)CN(C)Cc1ccccc1. The van der Waals surface area contributed by atoms with Crippen molar-refractivity contribution in [1.82, 2.24) is 10.2 Å². The minimum atomic E-state index is -0.308. The summed E-state index contributed by atoms with van der Waals surface area (Å²) in [6.07, 6.45) is -0.308. The molecule has 0 aliphatic rings. The lowest BCUT2D eigenvalue weighted by molar-refractivity contribution is 0.120. The predicted molar refractivity (Wildman–Crippen MR) is 76.5 cm³/mol. The molecule has 1 atom stereocenters. The van der Waals surface area contributed by atoms with Crippen LogP contribution in [0.5, 0.6) is 0 Å². The van der Waals surface area contributed by atoms with Gasteiger partial charge in [-0.15, -0.1) is 0 Å². The molecule has 0 aromatic heterocycles. The molecule has 0 saturated carbocycles. The minimum Gasteiger partial charge on any atom is -0.390 e. The summed E-state index contributed by atoms with van der Waals surface area (Å²) in [6.45, 7) is 7.53. The summed E-state index contributed by atoms with van der Waals surface area (Å²) in [7, 11) is 2.04. The molecule has 0 amide bonds. The van der Waals surface area contributed by atoms with Crippen LogP contribution in [0, 0.1) is 5.92 Å². The fourth-order valence-corrected chi connectivity index (χ4v) is 1.92. The lowest BCUT2D eigenvalue weighted by atomic mass is 10.2. The zero-order valence-corrected chi connectivity index (χ0v) is 11.8. The summed E-state index contributed by atoms with van der Waals surface area (Å²) in [4.78, 5) is 2.15. The highest BCUT2D eigenvalue weighted by molar-refractivity contribution is 5.14. The van der Waals surface area contributed by atoms with Gasteiger partial charge in [0.2, 0.25) is 0 Å². The second-order valence-electron chi connectivity index (χ2n) is 5.39. The van der Waals surface area contributed by atoms with E-state index in [1.54, 1.807) is 0 Å². The van der Waals surface area contributed by atoms with E-state index in [0.717, 1.165) is 13.1 Å². The highest BCUT2D eigenvalue weighted by Crippen LogP contribution is 2.02. The van der Waals surface area contributed by atoms with E-state index >= 15 is 0 Å². The van der Waals surface area contributed by atoms with Crippen molar-refractivity contribution in [3.8, 4) is 0 Å². The molecule has 0 saturated heterocycles. The van der Waals surface area contributed by atoms with E-state index in [-0.39, 0.29) is 6.10 Å². The zero-order valence-electron chi connectivity index (χ0n) is 11.8. The van der Waals surface area contributed by atoms with E-state index in [0.29, 0.717) is 19.0 Å². The van der Waals surface area contributed by atoms with Crippen LogP contribution in [0.1, 0.15) is 19.4 Å². The molecular weight excluding hydrogens is 224 g/mol. The van der Waals surface area contributed by atoms with Gasteiger partial charge in [-0.25, -0.2) is 0 Å². The van der Waals surface area contributed by atoms with Crippen LogP contribution in [-0.2, 0) is 6.54 Å². The van der Waals surface area contributed by atoms with Gasteiger partial charge >= 0.3 is 0 Å². The van der Waals surface area contributed by atoms with Crippen molar-refractivity contribution in [3.05, 3.63) is 35.9 Å². The lowest BCUT2D eigenvalue weighted by Crippen LogP contribution is -2.37. The Balaban J connectivity index is 2.21. The molecule has 18 heavy (non-hydrogen) atoms. The maximum atomic E-state index is 9.91. The number of rotatable bonds is 8. The van der Waals surface area contributed by atoms with Gasteiger partial charge in [0, 0.05) is 19.6 Å². The molecule has 3 heteroatoms. The molecule has 1 rings (SSSR count). The van der Waals surface area contributed by atoms with Crippen molar-refractivity contribution in [3.63, 3.8) is 0 Å². The highest BCUT2D eigenvalue weighted by atomic mass is 16.3. The van der Waals surface area contributed by atoms with Crippen molar-refractivity contribution in [1.29, 1.82) is 0 Å². The first-order valence-electron chi connectivity index (χ1n) is 6.69. The van der Waals surface area contributed by atoms with Crippen molar-refractivity contribution in [2.24, 2.45) is 5.92 Å². The monoisotopic (exact) mass is 250 g/mol. The van der Waals surface area contributed by atoms with E-state index in [9.17, 15) is 5.11 Å². The Morgan fingerprint density at radius 1 is 1.17 bits per heavy atom. The number of hydrogen-bond acceptors (Lipinski definition) is 3. The largest absolute Gasteiger partial charge is 0.390 e. The van der Waals surface area contributed by atoms with Crippen LogP contribution in [0.25, 0.3) is 0 Å². The molecule has 0 bridgehead atoms. The van der Waals surface area contributed by atoms with Gasteiger partial charge < -0.3 is 10.4 Å². The summed E-state index contributed by atoms with van der Waals surface area (Å²) in [5.41, 5.74) is 1.28. The summed E-state index contributed by atoms with van der Waals surface area (Å²) >= 11 is 0. The molecule has 2 N–H and O–H groups in total. The Hall–Kier alpha value is -0.900. The Morgan fingerprint density at radius 3 is 2.44 bits per heavy atom. The highest BCUT2D eigenvalue weighted by Gasteiger charge is 2.08. The van der Waals surface area contributed by atoms with E-state index in [4.69, 9.17) is 0 Å².